The zero-order valence-corrected chi connectivity index (χ0v) is 15.9. The molecule has 140 valence electrons. The number of aryl methyl sites for hydroxylation is 2. The lowest BCUT2D eigenvalue weighted by molar-refractivity contribution is 0.934. The summed E-state index contributed by atoms with van der Waals surface area (Å²) >= 11 is 0. The van der Waals surface area contributed by atoms with Gasteiger partial charge < -0.3 is 0 Å². The van der Waals surface area contributed by atoms with Crippen molar-refractivity contribution in [3.8, 4) is 0 Å². The molecule has 6 heteroatoms. The maximum Gasteiger partial charge on any atom is 0.185 e. The van der Waals surface area contributed by atoms with Crippen LogP contribution < -0.4 is 5.43 Å². The predicted molar refractivity (Wildman–Crippen MR) is 115 cm³/mol. The topological polar surface area (TPSA) is 67.5 Å². The summed E-state index contributed by atoms with van der Waals surface area (Å²) in [5.41, 5.74) is 8.86. The van der Waals surface area contributed by atoms with Gasteiger partial charge in [-0.3, -0.25) is 5.43 Å². The van der Waals surface area contributed by atoms with E-state index in [0.717, 1.165) is 40.5 Å². The molecule has 0 spiro atoms. The second kappa shape index (κ2) is 6.10. The van der Waals surface area contributed by atoms with Gasteiger partial charge in [-0.05, 0) is 41.7 Å². The van der Waals surface area contributed by atoms with Gasteiger partial charge in [-0.1, -0.05) is 54.6 Å². The normalized spacial score (nSPS) is 13.6. The van der Waals surface area contributed by atoms with Crippen LogP contribution in [0.4, 0.5) is 5.82 Å². The van der Waals surface area contributed by atoms with Gasteiger partial charge in [-0.2, -0.15) is 9.62 Å². The third-order valence-electron chi connectivity index (χ3n) is 5.76. The maximum atomic E-state index is 4.69. The van der Waals surface area contributed by atoms with Crippen LogP contribution in [0.2, 0.25) is 0 Å². The molecule has 1 N–H and O–H groups in total. The highest BCUT2D eigenvalue weighted by atomic mass is 15.4. The minimum absolute atomic E-state index is 0.679. The van der Waals surface area contributed by atoms with Gasteiger partial charge in [-0.15, -0.1) is 15.3 Å². The molecule has 6 nitrogen and oxygen atoms in total. The van der Waals surface area contributed by atoms with Gasteiger partial charge in [0.05, 0.1) is 5.71 Å². The Kier molecular flexibility index (Phi) is 3.41. The smallest absolute Gasteiger partial charge is 0.185 e. The Bertz CT molecular complexity index is 1440. The molecule has 0 saturated heterocycles. The van der Waals surface area contributed by atoms with E-state index in [9.17, 15) is 0 Å². The van der Waals surface area contributed by atoms with E-state index in [-0.39, 0.29) is 0 Å². The van der Waals surface area contributed by atoms with Crippen LogP contribution in [-0.4, -0.2) is 25.5 Å². The molecule has 2 aromatic heterocycles. The van der Waals surface area contributed by atoms with Gasteiger partial charge >= 0.3 is 0 Å². The van der Waals surface area contributed by atoms with Gasteiger partial charge in [0.15, 0.2) is 11.5 Å². The van der Waals surface area contributed by atoms with Crippen molar-refractivity contribution in [3.63, 3.8) is 0 Å². The van der Waals surface area contributed by atoms with Crippen molar-refractivity contribution in [2.45, 2.75) is 19.8 Å². The molecule has 2 heterocycles. The Morgan fingerprint density at radius 1 is 0.931 bits per heavy atom. The quantitative estimate of drug-likeness (QED) is 0.374. The van der Waals surface area contributed by atoms with E-state index < -0.39 is 0 Å². The fourth-order valence-corrected chi connectivity index (χ4v) is 4.37. The zero-order chi connectivity index (χ0) is 19.4. The second-order valence-electron chi connectivity index (χ2n) is 7.41. The molecule has 0 amide bonds. The summed E-state index contributed by atoms with van der Waals surface area (Å²) in [7, 11) is 0. The van der Waals surface area contributed by atoms with Crippen molar-refractivity contribution in [2.24, 2.45) is 5.10 Å². The lowest BCUT2D eigenvalue weighted by Gasteiger charge is -2.10. The summed E-state index contributed by atoms with van der Waals surface area (Å²) in [6, 6.07) is 19.0. The van der Waals surface area contributed by atoms with Crippen LogP contribution in [0.3, 0.4) is 0 Å². The molecule has 0 saturated carbocycles. The first-order chi connectivity index (χ1) is 14.3. The average molecular weight is 378 g/mol. The van der Waals surface area contributed by atoms with Crippen molar-refractivity contribution in [2.75, 3.05) is 5.43 Å². The zero-order valence-electron chi connectivity index (χ0n) is 15.9. The largest absolute Gasteiger partial charge is 0.259 e. The number of hydrogen-bond donors (Lipinski definition) is 1. The van der Waals surface area contributed by atoms with E-state index in [4.69, 9.17) is 0 Å². The summed E-state index contributed by atoms with van der Waals surface area (Å²) in [6.07, 6.45) is 3.85. The van der Waals surface area contributed by atoms with Gasteiger partial charge in [0.1, 0.15) is 6.33 Å². The summed E-state index contributed by atoms with van der Waals surface area (Å²) in [5, 5.41) is 22.1. The minimum Gasteiger partial charge on any atom is -0.259 e. The number of benzene rings is 3. The van der Waals surface area contributed by atoms with Crippen LogP contribution >= 0.6 is 0 Å². The Hall–Kier alpha value is -3.80. The fourth-order valence-electron chi connectivity index (χ4n) is 4.37. The Labute approximate surface area is 166 Å². The number of hydrogen-bond acceptors (Lipinski definition) is 5. The van der Waals surface area contributed by atoms with E-state index in [2.05, 4.69) is 56.2 Å². The van der Waals surface area contributed by atoms with Gasteiger partial charge in [0.25, 0.3) is 0 Å². The van der Waals surface area contributed by atoms with Gasteiger partial charge in [0, 0.05) is 16.3 Å². The standard InChI is InChI=1S/C23H18N6/c1-14(17-12-11-16-10-9-15-5-4-8-18(17)21(15)16)25-26-22-19-6-2-3-7-20(19)23-27-24-13-29(23)28-22/h2-8,11-13H,9-10H2,1H3,(H,26,28)/b25-14+. The Morgan fingerprint density at radius 2 is 1.72 bits per heavy atom. The number of nitrogens with one attached hydrogen (secondary N) is 1. The third-order valence-corrected chi connectivity index (χ3v) is 5.76. The van der Waals surface area contributed by atoms with E-state index in [1.807, 2.05) is 31.2 Å². The molecule has 1 aliphatic rings. The first-order valence-corrected chi connectivity index (χ1v) is 9.72. The highest BCUT2D eigenvalue weighted by Crippen LogP contribution is 2.33. The molecule has 0 bridgehead atoms. The Balaban J connectivity index is 1.46. The maximum absolute atomic E-state index is 4.69. The van der Waals surface area contributed by atoms with Crippen LogP contribution in [0.25, 0.3) is 27.2 Å². The summed E-state index contributed by atoms with van der Waals surface area (Å²) < 4.78 is 1.68. The molecular formula is C23H18N6. The Morgan fingerprint density at radius 3 is 2.62 bits per heavy atom. The van der Waals surface area contributed by atoms with Crippen LogP contribution in [-0.2, 0) is 12.8 Å². The lowest BCUT2D eigenvalue weighted by atomic mass is 9.98. The molecule has 6 rings (SSSR count). The van der Waals surface area contributed by atoms with E-state index >= 15 is 0 Å². The fraction of sp³-hybridized carbons (Fsp3) is 0.130. The lowest BCUT2D eigenvalue weighted by Crippen LogP contribution is -2.04. The molecule has 0 fully saturated rings. The van der Waals surface area contributed by atoms with Crippen LogP contribution in [0.15, 0.2) is 66.0 Å². The number of aromatic nitrogens is 4. The van der Waals surface area contributed by atoms with Crippen LogP contribution in [0, 0.1) is 0 Å². The molecule has 5 aromatic rings. The molecule has 0 atom stereocenters. The molecule has 3 aromatic carbocycles. The van der Waals surface area contributed by atoms with Crippen molar-refractivity contribution < 1.29 is 0 Å². The molecule has 1 aliphatic carbocycles. The van der Waals surface area contributed by atoms with Crippen molar-refractivity contribution in [1.82, 2.24) is 19.8 Å². The number of hydrazone groups is 1. The minimum atomic E-state index is 0.679. The van der Waals surface area contributed by atoms with Gasteiger partial charge in [0.2, 0.25) is 0 Å². The first-order valence-electron chi connectivity index (χ1n) is 9.72. The van der Waals surface area contributed by atoms with E-state index in [1.54, 1.807) is 10.8 Å². The van der Waals surface area contributed by atoms with Crippen molar-refractivity contribution >= 4 is 38.7 Å². The highest BCUT2D eigenvalue weighted by molar-refractivity contribution is 6.12. The van der Waals surface area contributed by atoms with E-state index in [0.29, 0.717) is 5.82 Å². The predicted octanol–water partition coefficient (Wildman–Crippen LogP) is 4.37. The van der Waals surface area contributed by atoms with Crippen molar-refractivity contribution in [1.29, 1.82) is 0 Å². The molecule has 29 heavy (non-hydrogen) atoms. The monoisotopic (exact) mass is 378 g/mol. The first kappa shape index (κ1) is 16.2. The highest BCUT2D eigenvalue weighted by Gasteiger charge is 2.17. The molecular weight excluding hydrogens is 360 g/mol. The van der Waals surface area contributed by atoms with Crippen LogP contribution in [0.1, 0.15) is 23.6 Å². The summed E-state index contributed by atoms with van der Waals surface area (Å²) in [5.74, 6) is 0.679. The van der Waals surface area contributed by atoms with Gasteiger partial charge in [-0.25, -0.2) is 0 Å². The summed E-state index contributed by atoms with van der Waals surface area (Å²) in [6.45, 7) is 2.03. The number of fused-ring (bicyclic) bond motifs is 3. The molecule has 0 unspecified atom stereocenters. The van der Waals surface area contributed by atoms with Crippen molar-refractivity contribution in [3.05, 3.63) is 77.6 Å². The number of nitrogens with zero attached hydrogens (tertiary/aromatic N) is 5. The number of rotatable bonds is 3. The average Bonchev–Trinajstić information content (AvgIpc) is 3.40. The third kappa shape index (κ3) is 2.42. The summed E-state index contributed by atoms with van der Waals surface area (Å²) in [4.78, 5) is 0. The van der Waals surface area contributed by atoms with Crippen LogP contribution in [0.5, 0.6) is 0 Å². The molecule has 0 aliphatic heterocycles. The second-order valence-corrected chi connectivity index (χ2v) is 7.41. The van der Waals surface area contributed by atoms with E-state index in [1.165, 1.54) is 21.9 Å². The SMILES string of the molecule is C/C(=N\Nc1nn2cnnc2c2ccccc12)c1ccc2c3c(cccc13)CC2. The number of anilines is 1. The molecule has 0 radical (unpaired) electrons.